The molecule has 2 aromatic rings. The molecule has 0 aromatic heterocycles. The molecule has 0 radical (unpaired) electrons. The SMILES string of the molecule is Cc1ccc(C)c2c1C=C[CH]2[Zr][CH]1C=Cc2c(C)ccc(C)c21. The summed E-state index contributed by atoms with van der Waals surface area (Å²) in [6, 6.07) is 9.15. The van der Waals surface area contributed by atoms with Crippen molar-refractivity contribution in [1.82, 2.24) is 0 Å². The molecule has 0 fully saturated rings. The summed E-state index contributed by atoms with van der Waals surface area (Å²) in [5, 5.41) is 0. The van der Waals surface area contributed by atoms with E-state index in [-0.39, 0.29) is 0 Å². The van der Waals surface area contributed by atoms with E-state index in [1.807, 2.05) is 0 Å². The zero-order valence-electron chi connectivity index (χ0n) is 14.3. The number of rotatable bonds is 2. The zero-order valence-corrected chi connectivity index (χ0v) is 16.7. The Balaban J connectivity index is 1.70. The summed E-state index contributed by atoms with van der Waals surface area (Å²) >= 11 is -0.634. The molecule has 0 heterocycles. The fourth-order valence-electron chi connectivity index (χ4n) is 4.03. The number of allylic oxidation sites excluding steroid dienone is 2. The van der Waals surface area contributed by atoms with Gasteiger partial charge in [-0.3, -0.25) is 0 Å². The Labute approximate surface area is 150 Å². The molecule has 0 N–H and O–H groups in total. The third-order valence-electron chi connectivity index (χ3n) is 5.34. The van der Waals surface area contributed by atoms with Crippen LogP contribution in [0.2, 0.25) is 0 Å². The summed E-state index contributed by atoms with van der Waals surface area (Å²) in [5.41, 5.74) is 12.1. The van der Waals surface area contributed by atoms with E-state index in [2.05, 4.69) is 76.3 Å². The molecule has 2 aliphatic rings. The van der Waals surface area contributed by atoms with Crippen LogP contribution in [0.4, 0.5) is 0 Å². The van der Waals surface area contributed by atoms with E-state index >= 15 is 0 Å². The van der Waals surface area contributed by atoms with Crippen molar-refractivity contribution < 1.29 is 23.2 Å². The van der Waals surface area contributed by atoms with Gasteiger partial charge < -0.3 is 0 Å². The van der Waals surface area contributed by atoms with Gasteiger partial charge in [-0.15, -0.1) is 0 Å². The molecule has 2 aromatic carbocycles. The van der Waals surface area contributed by atoms with Crippen molar-refractivity contribution in [1.29, 1.82) is 0 Å². The Kier molecular flexibility index (Phi) is 3.81. The van der Waals surface area contributed by atoms with E-state index in [1.165, 1.54) is 33.4 Å². The van der Waals surface area contributed by atoms with Crippen molar-refractivity contribution in [3.05, 3.63) is 80.9 Å². The average molecular weight is 378 g/mol. The van der Waals surface area contributed by atoms with E-state index in [4.69, 9.17) is 0 Å². The minimum absolute atomic E-state index is 0.634. The first-order chi connectivity index (χ1) is 11.1. The summed E-state index contributed by atoms with van der Waals surface area (Å²) in [7, 11) is 0. The van der Waals surface area contributed by atoms with Crippen LogP contribution in [-0.2, 0) is 23.2 Å². The molecule has 4 rings (SSSR count). The molecule has 2 unspecified atom stereocenters. The van der Waals surface area contributed by atoms with Crippen LogP contribution < -0.4 is 0 Å². The molecule has 0 saturated heterocycles. The van der Waals surface area contributed by atoms with Crippen molar-refractivity contribution in [3.63, 3.8) is 0 Å². The van der Waals surface area contributed by atoms with Crippen LogP contribution in [0.3, 0.4) is 0 Å². The molecule has 2 aliphatic carbocycles. The Hall–Kier alpha value is -1.20. The van der Waals surface area contributed by atoms with Crippen molar-refractivity contribution >= 4 is 12.2 Å². The molecule has 0 bridgehead atoms. The first-order valence-electron chi connectivity index (χ1n) is 8.39. The molecule has 0 aliphatic heterocycles. The second-order valence-electron chi connectivity index (χ2n) is 6.89. The normalized spacial score (nSPS) is 20.7. The van der Waals surface area contributed by atoms with E-state index in [0.29, 0.717) is 7.25 Å². The van der Waals surface area contributed by atoms with Gasteiger partial charge in [0.25, 0.3) is 0 Å². The van der Waals surface area contributed by atoms with Gasteiger partial charge in [-0.1, -0.05) is 0 Å². The van der Waals surface area contributed by atoms with Crippen LogP contribution >= 0.6 is 0 Å². The molecule has 0 amide bonds. The van der Waals surface area contributed by atoms with Gasteiger partial charge in [0.2, 0.25) is 0 Å². The average Bonchev–Trinajstić information content (AvgIpc) is 3.14. The molecule has 0 nitrogen and oxygen atoms in total. The number of benzene rings is 2. The fourth-order valence-corrected chi connectivity index (χ4v) is 8.70. The van der Waals surface area contributed by atoms with Gasteiger partial charge in [0, 0.05) is 0 Å². The Bertz CT molecular complexity index is 783. The van der Waals surface area contributed by atoms with Crippen molar-refractivity contribution in [2.45, 2.75) is 34.9 Å². The third kappa shape index (κ3) is 2.45. The number of hydrogen-bond donors (Lipinski definition) is 0. The molecule has 114 valence electrons. The molecule has 0 saturated carbocycles. The molecular weight excluding hydrogens is 355 g/mol. The van der Waals surface area contributed by atoms with Gasteiger partial charge in [0.05, 0.1) is 0 Å². The third-order valence-corrected chi connectivity index (χ3v) is 9.47. The van der Waals surface area contributed by atoms with Crippen molar-refractivity contribution in [3.8, 4) is 0 Å². The summed E-state index contributed by atoms with van der Waals surface area (Å²) < 4.78 is 1.43. The second-order valence-corrected chi connectivity index (χ2v) is 10.8. The number of hydrogen-bond acceptors (Lipinski definition) is 0. The van der Waals surface area contributed by atoms with Gasteiger partial charge in [0.1, 0.15) is 0 Å². The quantitative estimate of drug-likeness (QED) is 0.617. The van der Waals surface area contributed by atoms with Crippen molar-refractivity contribution in [2.75, 3.05) is 0 Å². The molecule has 2 atom stereocenters. The number of aryl methyl sites for hydroxylation is 4. The summed E-state index contributed by atoms with van der Waals surface area (Å²) in [4.78, 5) is 0. The molecule has 0 spiro atoms. The Morgan fingerprint density at radius 2 is 1.00 bits per heavy atom. The van der Waals surface area contributed by atoms with E-state index in [0.717, 1.165) is 0 Å². The van der Waals surface area contributed by atoms with Gasteiger partial charge in [-0.25, -0.2) is 0 Å². The molecule has 1 heteroatoms. The van der Waals surface area contributed by atoms with Crippen LogP contribution in [0.25, 0.3) is 12.2 Å². The molecular formula is C22H22Zr. The first-order valence-corrected chi connectivity index (χ1v) is 11.2. The fraction of sp³-hybridized carbons (Fsp3) is 0.273. The van der Waals surface area contributed by atoms with Gasteiger partial charge >= 0.3 is 151 Å². The van der Waals surface area contributed by atoms with Gasteiger partial charge in [0.15, 0.2) is 0 Å². The monoisotopic (exact) mass is 376 g/mol. The maximum absolute atomic E-state index is 2.49. The van der Waals surface area contributed by atoms with Crippen LogP contribution in [0.1, 0.15) is 51.8 Å². The first kappa shape index (κ1) is 15.3. The molecule has 23 heavy (non-hydrogen) atoms. The maximum atomic E-state index is 2.49. The van der Waals surface area contributed by atoms with E-state index < -0.39 is 23.2 Å². The Morgan fingerprint density at radius 1 is 0.609 bits per heavy atom. The number of fused-ring (bicyclic) bond motifs is 2. The standard InChI is InChI=1S/2C11H11.Zr/c2*1-8-6-7-9(2)11-5-3-4-10(8)11;/h2*3-7H,1-2H3;. The van der Waals surface area contributed by atoms with Gasteiger partial charge in [-0.2, -0.15) is 0 Å². The second kappa shape index (κ2) is 5.71. The zero-order chi connectivity index (χ0) is 16.1. The minimum atomic E-state index is -0.634. The van der Waals surface area contributed by atoms with Crippen molar-refractivity contribution in [2.24, 2.45) is 0 Å². The van der Waals surface area contributed by atoms with Crippen LogP contribution in [0, 0.1) is 27.7 Å². The van der Waals surface area contributed by atoms with Crippen LogP contribution in [0.15, 0.2) is 36.4 Å². The topological polar surface area (TPSA) is 0 Å². The summed E-state index contributed by atoms with van der Waals surface area (Å²) in [5.74, 6) is 0. The Morgan fingerprint density at radius 3 is 1.43 bits per heavy atom. The van der Waals surface area contributed by atoms with Gasteiger partial charge in [-0.05, 0) is 0 Å². The van der Waals surface area contributed by atoms with Crippen LogP contribution in [-0.4, -0.2) is 0 Å². The van der Waals surface area contributed by atoms with Crippen LogP contribution in [0.5, 0.6) is 0 Å². The predicted octanol–water partition coefficient (Wildman–Crippen LogP) is 5.84. The summed E-state index contributed by atoms with van der Waals surface area (Å²) in [6.45, 7) is 9.06. The summed E-state index contributed by atoms with van der Waals surface area (Å²) in [6.07, 6.45) is 9.75. The van der Waals surface area contributed by atoms with E-state index in [9.17, 15) is 0 Å². The van der Waals surface area contributed by atoms with E-state index in [1.54, 1.807) is 11.1 Å². The predicted molar refractivity (Wildman–Crippen MR) is 95.4 cm³/mol.